The summed E-state index contributed by atoms with van der Waals surface area (Å²) in [6, 6.07) is 16.5. The number of hydrogen-bond acceptors (Lipinski definition) is 4. The van der Waals surface area contributed by atoms with Crippen LogP contribution in [0.15, 0.2) is 65.3 Å². The molecule has 0 saturated heterocycles. The van der Waals surface area contributed by atoms with E-state index in [1.54, 1.807) is 12.3 Å². The van der Waals surface area contributed by atoms with Gasteiger partial charge in [0.1, 0.15) is 11.5 Å². The molecule has 2 aromatic heterocycles. The lowest BCUT2D eigenvalue weighted by Gasteiger charge is -2.36. The summed E-state index contributed by atoms with van der Waals surface area (Å²) in [5, 5.41) is 1.24. The van der Waals surface area contributed by atoms with Crippen LogP contribution in [-0.2, 0) is 24.2 Å². The van der Waals surface area contributed by atoms with E-state index in [0.717, 1.165) is 46.7 Å². The zero-order valence-electron chi connectivity index (χ0n) is 20.1. The van der Waals surface area contributed by atoms with Crippen molar-refractivity contribution in [1.29, 1.82) is 0 Å². The molecule has 6 nitrogen and oxygen atoms in total. The van der Waals surface area contributed by atoms with Crippen LogP contribution in [0.2, 0.25) is 0 Å². The van der Waals surface area contributed by atoms with Crippen molar-refractivity contribution in [3.63, 3.8) is 0 Å². The molecular weight excluding hydrogens is 438 g/mol. The van der Waals surface area contributed by atoms with E-state index in [1.807, 2.05) is 48.2 Å². The average molecular weight is 468 g/mol. The lowest BCUT2D eigenvalue weighted by Crippen LogP contribution is -2.39. The van der Waals surface area contributed by atoms with Gasteiger partial charge in [-0.25, -0.2) is 0 Å². The fourth-order valence-electron chi connectivity index (χ4n) is 5.37. The Kier molecular flexibility index (Phi) is 5.46. The Morgan fingerprint density at radius 1 is 1.17 bits per heavy atom. The van der Waals surface area contributed by atoms with E-state index in [-0.39, 0.29) is 11.9 Å². The summed E-state index contributed by atoms with van der Waals surface area (Å²) in [5.41, 5.74) is 6.78. The molecule has 4 heterocycles. The normalized spacial score (nSPS) is 17.2. The second-order valence-corrected chi connectivity index (χ2v) is 9.58. The number of furan rings is 1. The predicted molar refractivity (Wildman–Crippen MR) is 136 cm³/mol. The summed E-state index contributed by atoms with van der Waals surface area (Å²) in [7, 11) is 4.00. The first-order valence-electron chi connectivity index (χ1n) is 12.1. The van der Waals surface area contributed by atoms with Crippen LogP contribution in [0.3, 0.4) is 0 Å². The maximum Gasteiger partial charge on any atom is 0.247 e. The fraction of sp³-hybridized carbons (Fsp3) is 0.276. The molecule has 0 fully saturated rings. The number of aromatic amines is 1. The van der Waals surface area contributed by atoms with Gasteiger partial charge in [-0.05, 0) is 67.5 Å². The van der Waals surface area contributed by atoms with Gasteiger partial charge in [0.15, 0.2) is 0 Å². The van der Waals surface area contributed by atoms with Crippen molar-refractivity contribution in [2.45, 2.75) is 25.4 Å². The van der Waals surface area contributed by atoms with Gasteiger partial charge < -0.3 is 23.9 Å². The number of H-pyrrole nitrogens is 1. The summed E-state index contributed by atoms with van der Waals surface area (Å²) in [5.74, 6) is 1.80. The molecule has 0 radical (unpaired) electrons. The van der Waals surface area contributed by atoms with Crippen LogP contribution in [0.5, 0.6) is 5.75 Å². The van der Waals surface area contributed by atoms with E-state index < -0.39 is 0 Å². The topological polar surface area (TPSA) is 61.7 Å². The third kappa shape index (κ3) is 3.94. The predicted octanol–water partition coefficient (Wildman–Crippen LogP) is 4.94. The van der Waals surface area contributed by atoms with E-state index in [0.29, 0.717) is 19.7 Å². The van der Waals surface area contributed by atoms with Crippen LogP contribution in [0, 0.1) is 0 Å². The van der Waals surface area contributed by atoms with Crippen LogP contribution in [0.25, 0.3) is 17.0 Å². The van der Waals surface area contributed by atoms with Crippen molar-refractivity contribution in [2.75, 3.05) is 27.2 Å². The molecule has 1 atom stereocenters. The zero-order valence-corrected chi connectivity index (χ0v) is 20.1. The Bertz CT molecular complexity index is 1430. The van der Waals surface area contributed by atoms with Gasteiger partial charge in [0, 0.05) is 41.2 Å². The summed E-state index contributed by atoms with van der Waals surface area (Å²) >= 11 is 0. The molecule has 6 rings (SSSR count). The number of amides is 1. The molecule has 0 bridgehead atoms. The highest BCUT2D eigenvalue weighted by Crippen LogP contribution is 2.40. The number of nitrogens with one attached hydrogen (secondary N) is 1. The van der Waals surface area contributed by atoms with E-state index in [1.165, 1.54) is 16.5 Å². The highest BCUT2D eigenvalue weighted by molar-refractivity contribution is 5.93. The van der Waals surface area contributed by atoms with Crippen LogP contribution < -0.4 is 4.74 Å². The van der Waals surface area contributed by atoms with E-state index in [2.05, 4.69) is 35.3 Å². The third-order valence-electron chi connectivity index (χ3n) is 6.99. The van der Waals surface area contributed by atoms with Gasteiger partial charge in [-0.15, -0.1) is 0 Å². The van der Waals surface area contributed by atoms with E-state index in [4.69, 9.17) is 9.15 Å². The highest BCUT2D eigenvalue weighted by Gasteiger charge is 2.34. The maximum atomic E-state index is 13.6. The molecule has 35 heavy (non-hydrogen) atoms. The molecule has 4 aromatic rings. The molecule has 1 N–H and O–H groups in total. The Balaban J connectivity index is 1.38. The molecule has 1 amide bonds. The number of para-hydroxylation sites is 1. The van der Waals surface area contributed by atoms with Crippen molar-refractivity contribution < 1.29 is 13.9 Å². The first-order chi connectivity index (χ1) is 17.1. The Morgan fingerprint density at radius 3 is 2.94 bits per heavy atom. The second kappa shape index (κ2) is 8.78. The summed E-state index contributed by atoms with van der Waals surface area (Å²) < 4.78 is 11.4. The minimum atomic E-state index is -0.181. The lowest BCUT2D eigenvalue weighted by molar-refractivity contribution is -0.128. The Morgan fingerprint density at radius 2 is 2.06 bits per heavy atom. The van der Waals surface area contributed by atoms with E-state index >= 15 is 0 Å². The number of nitrogens with zero attached hydrogens (tertiary/aromatic N) is 2. The van der Waals surface area contributed by atoms with Gasteiger partial charge in [-0.2, -0.15) is 0 Å². The van der Waals surface area contributed by atoms with Crippen LogP contribution in [-0.4, -0.2) is 47.9 Å². The molecule has 6 heteroatoms. The molecule has 0 unspecified atom stereocenters. The molecule has 0 aliphatic carbocycles. The first-order valence-corrected chi connectivity index (χ1v) is 12.1. The monoisotopic (exact) mass is 467 g/mol. The second-order valence-electron chi connectivity index (χ2n) is 9.58. The number of hydrogen-bond donors (Lipinski definition) is 1. The number of carbonyl (C=O) groups excluding carboxylic acids is 1. The van der Waals surface area contributed by atoms with E-state index in [9.17, 15) is 4.79 Å². The number of benzene rings is 2. The Labute approximate surface area is 204 Å². The van der Waals surface area contributed by atoms with Crippen LogP contribution >= 0.6 is 0 Å². The molecule has 178 valence electrons. The molecule has 2 aliphatic rings. The highest BCUT2D eigenvalue weighted by atomic mass is 16.5. The SMILES string of the molecule is CN(C)Cc1occc1/C=C/C(=O)N1CCc2c([nH]c3ccccc23)[C@H]1c1ccc2c(c1)CCO2. The maximum absolute atomic E-state index is 13.6. The van der Waals surface area contributed by atoms with Gasteiger partial charge in [-0.1, -0.05) is 24.3 Å². The molecule has 0 saturated carbocycles. The number of fused-ring (bicyclic) bond motifs is 4. The smallest absolute Gasteiger partial charge is 0.247 e. The number of carbonyl (C=O) groups is 1. The zero-order chi connectivity index (χ0) is 23.9. The van der Waals surface area contributed by atoms with Crippen molar-refractivity contribution in [3.05, 3.63) is 94.6 Å². The van der Waals surface area contributed by atoms with Gasteiger partial charge in [0.2, 0.25) is 5.91 Å². The van der Waals surface area contributed by atoms with Crippen molar-refractivity contribution in [2.24, 2.45) is 0 Å². The van der Waals surface area contributed by atoms with Crippen LogP contribution in [0.4, 0.5) is 0 Å². The molecule has 0 spiro atoms. The van der Waals surface area contributed by atoms with Gasteiger partial charge in [0.25, 0.3) is 0 Å². The molecular formula is C29H29N3O3. The standard InChI is InChI=1S/C29H29N3O3/c1-31(2)18-26-19(12-15-35-26)8-10-27(33)32-14-11-23-22-5-3-4-6-24(22)30-28(23)29(32)21-7-9-25-20(17-21)13-16-34-25/h3-10,12,15,17,29-30H,11,13-14,16,18H2,1-2H3/b10-8+/t29-/m1/s1. The Hall–Kier alpha value is -3.77. The average Bonchev–Trinajstić information content (AvgIpc) is 3.59. The molecule has 2 aliphatic heterocycles. The minimum absolute atomic E-state index is 0.00643. The largest absolute Gasteiger partial charge is 0.493 e. The summed E-state index contributed by atoms with van der Waals surface area (Å²) in [4.78, 5) is 21.3. The molecule has 2 aromatic carbocycles. The third-order valence-corrected chi connectivity index (χ3v) is 6.99. The number of ether oxygens (including phenoxy) is 1. The van der Waals surface area contributed by atoms with Gasteiger partial charge in [0.05, 0.1) is 25.5 Å². The fourth-order valence-corrected chi connectivity index (χ4v) is 5.37. The lowest BCUT2D eigenvalue weighted by atomic mass is 9.91. The minimum Gasteiger partial charge on any atom is -0.493 e. The van der Waals surface area contributed by atoms with Crippen molar-refractivity contribution in [3.8, 4) is 5.75 Å². The van der Waals surface area contributed by atoms with Crippen molar-refractivity contribution >= 4 is 22.9 Å². The quantitative estimate of drug-likeness (QED) is 0.422. The first kappa shape index (κ1) is 21.7. The summed E-state index contributed by atoms with van der Waals surface area (Å²) in [6.45, 7) is 2.06. The summed E-state index contributed by atoms with van der Waals surface area (Å²) in [6.07, 6.45) is 6.95. The number of rotatable bonds is 5. The van der Waals surface area contributed by atoms with Crippen LogP contribution in [0.1, 0.15) is 39.7 Å². The van der Waals surface area contributed by atoms with Gasteiger partial charge >= 0.3 is 0 Å². The van der Waals surface area contributed by atoms with Crippen molar-refractivity contribution in [1.82, 2.24) is 14.8 Å². The number of aromatic nitrogens is 1. The van der Waals surface area contributed by atoms with Gasteiger partial charge in [-0.3, -0.25) is 4.79 Å².